The Labute approximate surface area is 123 Å². The van der Waals surface area contributed by atoms with Gasteiger partial charge in [-0.2, -0.15) is 0 Å². The van der Waals surface area contributed by atoms with Crippen LogP contribution in [0.25, 0.3) is 0 Å². The van der Waals surface area contributed by atoms with E-state index in [-0.39, 0.29) is 12.1 Å². The van der Waals surface area contributed by atoms with Gasteiger partial charge in [-0.1, -0.05) is 33.6 Å². The van der Waals surface area contributed by atoms with E-state index in [1.54, 1.807) is 0 Å². The minimum Gasteiger partial charge on any atom is -0.460 e. The fraction of sp³-hybridized carbons (Fsp3) is 0.938. The van der Waals surface area contributed by atoms with E-state index in [0.717, 1.165) is 19.3 Å². The zero-order valence-corrected chi connectivity index (χ0v) is 13.6. The highest BCUT2D eigenvalue weighted by atomic mass is 16.8. The molecule has 118 valence electrons. The van der Waals surface area contributed by atoms with Gasteiger partial charge in [0.15, 0.2) is 11.9 Å². The number of esters is 1. The predicted octanol–water partition coefficient (Wildman–Crippen LogP) is 3.68. The number of hydrogen-bond acceptors (Lipinski definition) is 4. The van der Waals surface area contributed by atoms with Gasteiger partial charge >= 0.3 is 5.97 Å². The lowest BCUT2D eigenvalue weighted by Gasteiger charge is -2.27. The van der Waals surface area contributed by atoms with Gasteiger partial charge in [-0.05, 0) is 39.0 Å². The van der Waals surface area contributed by atoms with Crippen molar-refractivity contribution < 1.29 is 19.0 Å². The zero-order valence-electron chi connectivity index (χ0n) is 13.6. The van der Waals surface area contributed by atoms with Crippen molar-refractivity contribution >= 4 is 5.97 Å². The maximum Gasteiger partial charge on any atom is 0.338 e. The molecule has 4 nitrogen and oxygen atoms in total. The molecule has 3 atom stereocenters. The molecule has 20 heavy (non-hydrogen) atoms. The Morgan fingerprint density at radius 3 is 2.45 bits per heavy atom. The fourth-order valence-corrected chi connectivity index (χ4v) is 2.53. The third-order valence-electron chi connectivity index (χ3n) is 3.44. The molecule has 1 aliphatic heterocycles. The molecule has 0 aromatic carbocycles. The monoisotopic (exact) mass is 286 g/mol. The van der Waals surface area contributed by atoms with Gasteiger partial charge in [0.25, 0.3) is 0 Å². The van der Waals surface area contributed by atoms with Gasteiger partial charge in [0.05, 0.1) is 6.61 Å². The summed E-state index contributed by atoms with van der Waals surface area (Å²) in [5.41, 5.74) is 0. The Kier molecular flexibility index (Phi) is 6.96. The Morgan fingerprint density at radius 2 is 1.95 bits per heavy atom. The van der Waals surface area contributed by atoms with Crippen LogP contribution in [-0.2, 0) is 19.0 Å². The molecule has 3 unspecified atom stereocenters. The van der Waals surface area contributed by atoms with E-state index in [0.29, 0.717) is 12.5 Å². The summed E-state index contributed by atoms with van der Waals surface area (Å²) in [4.78, 5) is 11.9. The largest absolute Gasteiger partial charge is 0.460 e. The number of ether oxygens (including phenoxy) is 3. The molecule has 1 aliphatic carbocycles. The first-order valence-corrected chi connectivity index (χ1v) is 7.90. The van der Waals surface area contributed by atoms with Gasteiger partial charge in [-0.3, -0.25) is 0 Å². The Morgan fingerprint density at radius 1 is 1.30 bits per heavy atom. The molecule has 2 fully saturated rings. The normalized spacial score (nSPS) is 32.1. The lowest BCUT2D eigenvalue weighted by atomic mass is 9.89. The minimum atomic E-state index is -0.663. The van der Waals surface area contributed by atoms with Crippen molar-refractivity contribution in [3.63, 3.8) is 0 Å². The molecule has 1 saturated heterocycles. The van der Waals surface area contributed by atoms with E-state index >= 15 is 0 Å². The maximum atomic E-state index is 11.9. The molecule has 1 heterocycles. The molecule has 0 radical (unpaired) electrons. The molecule has 2 aliphatic rings. The standard InChI is InChI=1S/C13H22O4.C3H8/c1-9-5-4-6-10(7-9)16-12(14)11-8-15-13(2,3)17-11;1-3-2/h9-11H,4-8H2,1-3H3;3H2,1-2H3. The smallest absolute Gasteiger partial charge is 0.338 e. The van der Waals surface area contributed by atoms with Crippen LogP contribution in [0.15, 0.2) is 0 Å². The minimum absolute atomic E-state index is 0.0681. The van der Waals surface area contributed by atoms with Crippen molar-refractivity contribution in [1.29, 1.82) is 0 Å². The Balaban J connectivity index is 0.000000612. The molecule has 2 rings (SSSR count). The van der Waals surface area contributed by atoms with Gasteiger partial charge in [0, 0.05) is 0 Å². The van der Waals surface area contributed by atoms with E-state index in [4.69, 9.17) is 14.2 Å². The van der Waals surface area contributed by atoms with E-state index in [1.165, 1.54) is 12.8 Å². The quantitative estimate of drug-likeness (QED) is 0.726. The van der Waals surface area contributed by atoms with Crippen molar-refractivity contribution in [1.82, 2.24) is 0 Å². The topological polar surface area (TPSA) is 44.8 Å². The van der Waals surface area contributed by atoms with Gasteiger partial charge in [0.2, 0.25) is 0 Å². The maximum absolute atomic E-state index is 11.9. The summed E-state index contributed by atoms with van der Waals surface area (Å²) >= 11 is 0. The Bertz CT molecular complexity index is 301. The van der Waals surface area contributed by atoms with Crippen molar-refractivity contribution in [2.75, 3.05) is 6.61 Å². The average molecular weight is 286 g/mol. The van der Waals surface area contributed by atoms with Gasteiger partial charge < -0.3 is 14.2 Å². The summed E-state index contributed by atoms with van der Waals surface area (Å²) in [6.07, 6.45) is 5.10. The third-order valence-corrected chi connectivity index (χ3v) is 3.44. The molecule has 4 heteroatoms. The van der Waals surface area contributed by atoms with Crippen molar-refractivity contribution in [2.45, 2.75) is 84.7 Å². The summed E-state index contributed by atoms with van der Waals surface area (Å²) in [6.45, 7) is 10.4. The molecule has 0 aromatic heterocycles. The molecule has 0 amide bonds. The summed E-state index contributed by atoms with van der Waals surface area (Å²) in [7, 11) is 0. The molecule has 0 bridgehead atoms. The van der Waals surface area contributed by atoms with Crippen LogP contribution < -0.4 is 0 Å². The number of hydrogen-bond donors (Lipinski definition) is 0. The number of carbonyl (C=O) groups excluding carboxylic acids is 1. The number of rotatable bonds is 2. The van der Waals surface area contributed by atoms with Gasteiger partial charge in [0.1, 0.15) is 6.10 Å². The van der Waals surface area contributed by atoms with Crippen LogP contribution in [0.5, 0.6) is 0 Å². The first-order valence-electron chi connectivity index (χ1n) is 7.90. The molecule has 0 aromatic rings. The van der Waals surface area contributed by atoms with E-state index < -0.39 is 11.9 Å². The van der Waals surface area contributed by atoms with Gasteiger partial charge in [-0.25, -0.2) is 4.79 Å². The highest BCUT2D eigenvalue weighted by molar-refractivity contribution is 5.75. The first kappa shape index (κ1) is 17.4. The molecule has 0 N–H and O–H groups in total. The highest BCUT2D eigenvalue weighted by Crippen LogP contribution is 2.28. The van der Waals surface area contributed by atoms with Crippen molar-refractivity contribution in [3.8, 4) is 0 Å². The van der Waals surface area contributed by atoms with Crippen LogP contribution in [0.4, 0.5) is 0 Å². The molecule has 0 spiro atoms. The second-order valence-electron chi connectivity index (χ2n) is 6.36. The van der Waals surface area contributed by atoms with Crippen molar-refractivity contribution in [2.24, 2.45) is 5.92 Å². The molecular formula is C16H30O4. The van der Waals surface area contributed by atoms with E-state index in [1.807, 2.05) is 13.8 Å². The van der Waals surface area contributed by atoms with Crippen LogP contribution >= 0.6 is 0 Å². The third kappa shape index (κ3) is 5.80. The van der Waals surface area contributed by atoms with E-state index in [2.05, 4.69) is 20.8 Å². The van der Waals surface area contributed by atoms with Gasteiger partial charge in [-0.15, -0.1) is 0 Å². The second kappa shape index (κ2) is 7.99. The summed E-state index contributed by atoms with van der Waals surface area (Å²) in [6, 6.07) is 0. The lowest BCUT2D eigenvalue weighted by Crippen LogP contribution is -2.33. The SMILES string of the molecule is CC1CCCC(OC(=O)C2COC(C)(C)O2)C1.CCC. The van der Waals surface area contributed by atoms with Crippen LogP contribution in [0.1, 0.15) is 66.7 Å². The van der Waals surface area contributed by atoms with Crippen LogP contribution in [-0.4, -0.2) is 30.6 Å². The van der Waals surface area contributed by atoms with Crippen LogP contribution in [0, 0.1) is 5.92 Å². The average Bonchev–Trinajstić information content (AvgIpc) is 2.71. The van der Waals surface area contributed by atoms with Crippen LogP contribution in [0.3, 0.4) is 0 Å². The summed E-state index contributed by atoms with van der Waals surface area (Å²) < 4.78 is 16.3. The predicted molar refractivity (Wildman–Crippen MR) is 78.4 cm³/mol. The fourth-order valence-electron chi connectivity index (χ4n) is 2.53. The highest BCUT2D eigenvalue weighted by Gasteiger charge is 2.39. The summed E-state index contributed by atoms with van der Waals surface area (Å²) in [5, 5.41) is 0. The molecule has 1 saturated carbocycles. The second-order valence-corrected chi connectivity index (χ2v) is 6.36. The number of carbonyl (C=O) groups is 1. The van der Waals surface area contributed by atoms with Crippen molar-refractivity contribution in [3.05, 3.63) is 0 Å². The Hall–Kier alpha value is -0.610. The van der Waals surface area contributed by atoms with E-state index in [9.17, 15) is 4.79 Å². The first-order chi connectivity index (χ1) is 9.38. The molecular weight excluding hydrogens is 256 g/mol. The summed E-state index contributed by atoms with van der Waals surface area (Å²) in [5.74, 6) is -0.280. The lowest BCUT2D eigenvalue weighted by molar-refractivity contribution is -0.175. The van der Waals surface area contributed by atoms with Crippen LogP contribution in [0.2, 0.25) is 0 Å². The zero-order chi connectivity index (χ0) is 15.2.